The van der Waals surface area contributed by atoms with Crippen molar-refractivity contribution in [1.29, 1.82) is 0 Å². The van der Waals surface area contributed by atoms with E-state index in [9.17, 15) is 18.0 Å². The highest BCUT2D eigenvalue weighted by Crippen LogP contribution is 2.46. The number of hydrogen-bond acceptors (Lipinski definition) is 7. The summed E-state index contributed by atoms with van der Waals surface area (Å²) in [6.45, 7) is 11.7. The number of carbonyl (C=O) groups excluding carboxylic acids is 1. The Labute approximate surface area is 259 Å². The third-order valence-electron chi connectivity index (χ3n) is 8.81. The van der Waals surface area contributed by atoms with Gasteiger partial charge < -0.3 is 19.4 Å². The number of nitrogens with zero attached hydrogens (tertiary/aromatic N) is 6. The Kier molecular flexibility index (Phi) is 8.25. The molecule has 4 aromatic rings. The van der Waals surface area contributed by atoms with Crippen LogP contribution >= 0.6 is 0 Å². The molecule has 9 nitrogen and oxygen atoms in total. The molecule has 6 rings (SSSR count). The minimum atomic E-state index is -4.58. The SMILES string of the molecule is C=CC(=O)N1CCN(c2nc(C3CCN(C)CC3)nc3c(OCC(F)(F)F)c(-c4c(C)ccc5[nH]ncc45)c(C=C)cc23)CC1. The monoisotopic (exact) mass is 619 g/mol. The van der Waals surface area contributed by atoms with E-state index in [-0.39, 0.29) is 17.6 Å². The highest BCUT2D eigenvalue weighted by atomic mass is 19.4. The quantitative estimate of drug-likeness (QED) is 0.265. The van der Waals surface area contributed by atoms with Crippen molar-refractivity contribution in [3.8, 4) is 16.9 Å². The summed E-state index contributed by atoms with van der Waals surface area (Å²) in [4.78, 5) is 28.5. The lowest BCUT2D eigenvalue weighted by Gasteiger charge is -2.36. The van der Waals surface area contributed by atoms with Crippen LogP contribution in [0.4, 0.5) is 19.0 Å². The van der Waals surface area contributed by atoms with Crippen molar-refractivity contribution in [2.24, 2.45) is 0 Å². The second-order valence-corrected chi connectivity index (χ2v) is 11.8. The van der Waals surface area contributed by atoms with Crippen LogP contribution in [0.1, 0.15) is 35.7 Å². The molecule has 12 heteroatoms. The topological polar surface area (TPSA) is 90.5 Å². The minimum Gasteiger partial charge on any atom is -0.481 e. The number of aromatic amines is 1. The number of aromatic nitrogens is 4. The third-order valence-corrected chi connectivity index (χ3v) is 8.81. The summed E-state index contributed by atoms with van der Waals surface area (Å²) in [5, 5.41) is 8.49. The van der Waals surface area contributed by atoms with Gasteiger partial charge in [0.1, 0.15) is 17.2 Å². The van der Waals surface area contributed by atoms with Crippen LogP contribution < -0.4 is 9.64 Å². The molecule has 2 aliphatic rings. The Morgan fingerprint density at radius 3 is 2.47 bits per heavy atom. The van der Waals surface area contributed by atoms with Gasteiger partial charge in [0.15, 0.2) is 12.4 Å². The fraction of sp³-hybridized carbons (Fsp3) is 0.394. The lowest BCUT2D eigenvalue weighted by molar-refractivity contribution is -0.153. The largest absolute Gasteiger partial charge is 0.481 e. The molecule has 2 aromatic heterocycles. The molecule has 0 spiro atoms. The van der Waals surface area contributed by atoms with Gasteiger partial charge in [0.05, 0.1) is 11.7 Å². The maximum Gasteiger partial charge on any atom is 0.422 e. The van der Waals surface area contributed by atoms with E-state index in [4.69, 9.17) is 14.7 Å². The number of nitrogens with one attached hydrogen (secondary N) is 1. The van der Waals surface area contributed by atoms with Crippen LogP contribution in [0.15, 0.2) is 43.6 Å². The van der Waals surface area contributed by atoms with Crippen molar-refractivity contribution >= 4 is 39.6 Å². The van der Waals surface area contributed by atoms with E-state index in [1.54, 1.807) is 17.2 Å². The van der Waals surface area contributed by atoms with Gasteiger partial charge in [0.25, 0.3) is 0 Å². The van der Waals surface area contributed by atoms with Gasteiger partial charge in [-0.3, -0.25) is 9.89 Å². The molecule has 2 saturated heterocycles. The Hall–Kier alpha value is -4.45. The highest BCUT2D eigenvalue weighted by molar-refractivity contribution is 6.07. The van der Waals surface area contributed by atoms with Crippen LogP contribution in [-0.2, 0) is 4.79 Å². The zero-order valence-corrected chi connectivity index (χ0v) is 25.5. The summed E-state index contributed by atoms with van der Waals surface area (Å²) in [6.07, 6.45) is 1.67. The number of piperidine rings is 1. The average molecular weight is 620 g/mol. The summed E-state index contributed by atoms with van der Waals surface area (Å²) < 4.78 is 47.2. The molecular formula is C33H36F3N7O2. The number of H-pyrrole nitrogens is 1. The summed E-state index contributed by atoms with van der Waals surface area (Å²) >= 11 is 0. The fourth-order valence-electron chi connectivity index (χ4n) is 6.39. The van der Waals surface area contributed by atoms with E-state index >= 15 is 0 Å². The summed E-state index contributed by atoms with van der Waals surface area (Å²) in [5.74, 6) is 1.13. The predicted octanol–water partition coefficient (Wildman–Crippen LogP) is 5.71. The van der Waals surface area contributed by atoms with E-state index < -0.39 is 12.8 Å². The van der Waals surface area contributed by atoms with E-state index in [1.807, 2.05) is 25.1 Å². The third kappa shape index (κ3) is 5.98. The molecule has 0 saturated carbocycles. The Balaban J connectivity index is 1.62. The normalized spacial score (nSPS) is 16.8. The lowest BCUT2D eigenvalue weighted by atomic mass is 9.90. The van der Waals surface area contributed by atoms with Gasteiger partial charge in [-0.15, -0.1) is 0 Å². The number of anilines is 1. The van der Waals surface area contributed by atoms with Gasteiger partial charge in [-0.05, 0) is 74.8 Å². The molecule has 1 N–H and O–H groups in total. The summed E-state index contributed by atoms with van der Waals surface area (Å²) in [7, 11) is 2.07. The number of benzene rings is 2. The molecule has 0 radical (unpaired) electrons. The summed E-state index contributed by atoms with van der Waals surface area (Å²) in [5.41, 5.74) is 3.68. The maximum atomic E-state index is 13.8. The molecule has 0 unspecified atom stereocenters. The van der Waals surface area contributed by atoms with Crippen LogP contribution in [0.3, 0.4) is 0 Å². The average Bonchev–Trinajstić information content (AvgIpc) is 3.51. The van der Waals surface area contributed by atoms with Gasteiger partial charge in [-0.2, -0.15) is 18.3 Å². The van der Waals surface area contributed by atoms with Gasteiger partial charge in [-0.1, -0.05) is 25.3 Å². The lowest BCUT2D eigenvalue weighted by Crippen LogP contribution is -2.48. The zero-order chi connectivity index (χ0) is 31.9. The van der Waals surface area contributed by atoms with Crippen molar-refractivity contribution < 1.29 is 22.7 Å². The molecule has 1 amide bonds. The van der Waals surface area contributed by atoms with Gasteiger partial charge >= 0.3 is 6.18 Å². The van der Waals surface area contributed by atoms with Crippen molar-refractivity contribution in [2.75, 3.05) is 57.8 Å². The first-order chi connectivity index (χ1) is 21.6. The Bertz CT molecular complexity index is 1770. The minimum absolute atomic E-state index is 0.0324. The first-order valence-electron chi connectivity index (χ1n) is 15.1. The van der Waals surface area contributed by atoms with Gasteiger partial charge in [0, 0.05) is 48.4 Å². The molecule has 0 bridgehead atoms. The van der Waals surface area contributed by atoms with Crippen molar-refractivity contribution in [3.63, 3.8) is 0 Å². The molecule has 2 aromatic carbocycles. The van der Waals surface area contributed by atoms with E-state index in [1.165, 1.54) is 6.08 Å². The molecular weight excluding hydrogens is 583 g/mol. The molecule has 236 valence electrons. The van der Waals surface area contributed by atoms with Crippen LogP contribution in [0.25, 0.3) is 39.0 Å². The number of piperazine rings is 1. The van der Waals surface area contributed by atoms with Crippen LogP contribution in [0.5, 0.6) is 5.75 Å². The van der Waals surface area contributed by atoms with Crippen molar-refractivity contribution in [2.45, 2.75) is 31.9 Å². The van der Waals surface area contributed by atoms with E-state index in [2.05, 4.69) is 40.2 Å². The highest BCUT2D eigenvalue weighted by Gasteiger charge is 2.33. The van der Waals surface area contributed by atoms with Crippen LogP contribution in [0.2, 0.25) is 0 Å². The molecule has 2 fully saturated rings. The Morgan fingerprint density at radius 1 is 1.07 bits per heavy atom. The van der Waals surface area contributed by atoms with E-state index in [0.29, 0.717) is 65.4 Å². The number of aryl methyl sites for hydroxylation is 1. The molecule has 2 aliphatic heterocycles. The first kappa shape index (κ1) is 30.6. The zero-order valence-electron chi connectivity index (χ0n) is 25.5. The summed E-state index contributed by atoms with van der Waals surface area (Å²) in [6, 6.07) is 5.69. The second kappa shape index (κ2) is 12.2. The Morgan fingerprint density at radius 2 is 1.80 bits per heavy atom. The number of halogens is 3. The molecule has 0 atom stereocenters. The molecule has 45 heavy (non-hydrogen) atoms. The smallest absolute Gasteiger partial charge is 0.422 e. The number of amides is 1. The number of alkyl halides is 3. The van der Waals surface area contributed by atoms with Crippen LogP contribution in [0, 0.1) is 6.92 Å². The number of carbonyl (C=O) groups is 1. The number of likely N-dealkylation sites (tertiary alicyclic amines) is 1. The van der Waals surface area contributed by atoms with Gasteiger partial charge in [0.2, 0.25) is 5.91 Å². The van der Waals surface area contributed by atoms with Crippen molar-refractivity contribution in [1.82, 2.24) is 30.0 Å². The van der Waals surface area contributed by atoms with Gasteiger partial charge in [-0.25, -0.2) is 9.97 Å². The second-order valence-electron chi connectivity index (χ2n) is 11.8. The number of hydrogen-bond donors (Lipinski definition) is 1. The number of ether oxygens (including phenoxy) is 1. The number of fused-ring (bicyclic) bond motifs is 2. The fourth-order valence-corrected chi connectivity index (χ4v) is 6.39. The first-order valence-corrected chi connectivity index (χ1v) is 15.1. The predicted molar refractivity (Wildman–Crippen MR) is 169 cm³/mol. The van der Waals surface area contributed by atoms with E-state index in [0.717, 1.165) is 42.4 Å². The van der Waals surface area contributed by atoms with Crippen LogP contribution in [-0.4, -0.2) is 95.0 Å². The number of rotatable bonds is 7. The molecule has 4 heterocycles. The standard InChI is InChI=1S/C33H36F3N7O2/c1-5-21-17-23-29(30(45-19-33(34,35)36)28(21)27-20(3)7-8-25-24(27)18-37-40-25)38-31(22-9-11-41(4)12-10-22)39-32(23)43-15-13-42(14-16-43)26(44)6-2/h5-8,17-18,22H,1-2,9-16,19H2,3-4H3,(H,37,40). The molecule has 0 aliphatic carbocycles. The van der Waals surface area contributed by atoms with Crippen molar-refractivity contribution in [3.05, 3.63) is 60.6 Å². The maximum absolute atomic E-state index is 13.8.